The Labute approximate surface area is 121 Å². The topological polar surface area (TPSA) is 55.0 Å². The lowest BCUT2D eigenvalue weighted by Gasteiger charge is -2.10. The highest BCUT2D eigenvalue weighted by atomic mass is 79.9. The fourth-order valence-corrected chi connectivity index (χ4v) is 2.91. The van der Waals surface area contributed by atoms with Crippen molar-refractivity contribution in [3.63, 3.8) is 0 Å². The molecule has 1 aromatic carbocycles. The van der Waals surface area contributed by atoms with Crippen LogP contribution in [-0.4, -0.2) is 16.8 Å². The minimum absolute atomic E-state index is 0.220. The molecule has 1 heterocycles. The van der Waals surface area contributed by atoms with Gasteiger partial charge in [-0.15, -0.1) is 0 Å². The molecule has 2 aromatic rings. The van der Waals surface area contributed by atoms with Gasteiger partial charge in [-0.3, -0.25) is 4.79 Å². The number of aromatic nitrogens is 2. The number of hydrogen-bond donors (Lipinski definition) is 1. The first-order chi connectivity index (χ1) is 8.61. The average Bonchev–Trinajstić information content (AvgIpc) is 2.34. The molecule has 0 saturated heterocycles. The van der Waals surface area contributed by atoms with Crippen molar-refractivity contribution in [3.05, 3.63) is 43.6 Å². The fourth-order valence-electron chi connectivity index (χ4n) is 1.50. The average molecular weight is 374 g/mol. The van der Waals surface area contributed by atoms with E-state index in [1.165, 1.54) is 6.07 Å². The summed E-state index contributed by atoms with van der Waals surface area (Å²) >= 11 is 6.91. The number of rotatable bonds is 3. The van der Waals surface area contributed by atoms with E-state index in [4.69, 9.17) is 4.74 Å². The second-order valence-electron chi connectivity index (χ2n) is 3.51. The normalized spacial score (nSPS) is 10.4. The first-order valence-corrected chi connectivity index (χ1v) is 6.88. The van der Waals surface area contributed by atoms with Gasteiger partial charge in [0.05, 0.1) is 21.2 Å². The number of ether oxygens (including phenoxy) is 1. The van der Waals surface area contributed by atoms with Crippen LogP contribution in [0.25, 0.3) is 11.3 Å². The van der Waals surface area contributed by atoms with Gasteiger partial charge < -0.3 is 4.74 Å². The lowest BCUT2D eigenvalue weighted by molar-refractivity contribution is 0.336. The maximum atomic E-state index is 11.0. The van der Waals surface area contributed by atoms with Crippen molar-refractivity contribution < 1.29 is 4.74 Å². The molecule has 1 aromatic heterocycles. The van der Waals surface area contributed by atoms with Crippen molar-refractivity contribution in [1.29, 1.82) is 0 Å². The molecule has 0 fully saturated rings. The number of hydrogen-bond acceptors (Lipinski definition) is 3. The fraction of sp³-hybridized carbons (Fsp3) is 0.167. The Balaban J connectivity index is 2.47. The Kier molecular flexibility index (Phi) is 4.19. The zero-order valence-corrected chi connectivity index (χ0v) is 12.7. The van der Waals surface area contributed by atoms with Crippen LogP contribution in [0.3, 0.4) is 0 Å². The third kappa shape index (κ3) is 2.81. The number of benzene rings is 1. The van der Waals surface area contributed by atoms with Gasteiger partial charge >= 0.3 is 0 Å². The van der Waals surface area contributed by atoms with Gasteiger partial charge in [0.2, 0.25) is 0 Å². The monoisotopic (exact) mass is 372 g/mol. The largest absolute Gasteiger partial charge is 0.492 e. The van der Waals surface area contributed by atoms with Gasteiger partial charge in [0.25, 0.3) is 5.56 Å². The Morgan fingerprint density at radius 2 is 1.94 bits per heavy atom. The van der Waals surface area contributed by atoms with Gasteiger partial charge in [-0.1, -0.05) is 0 Å². The number of nitrogens with one attached hydrogen (secondary N) is 1. The molecule has 0 amide bonds. The van der Waals surface area contributed by atoms with E-state index in [9.17, 15) is 4.79 Å². The van der Waals surface area contributed by atoms with E-state index in [2.05, 4.69) is 42.1 Å². The van der Waals surface area contributed by atoms with Crippen LogP contribution in [0.5, 0.6) is 5.75 Å². The van der Waals surface area contributed by atoms with Crippen molar-refractivity contribution in [2.24, 2.45) is 0 Å². The molecule has 18 heavy (non-hydrogen) atoms. The van der Waals surface area contributed by atoms with Gasteiger partial charge in [0.1, 0.15) is 5.75 Å². The van der Waals surface area contributed by atoms with Crippen molar-refractivity contribution >= 4 is 31.9 Å². The van der Waals surface area contributed by atoms with Gasteiger partial charge in [-0.05, 0) is 57.0 Å². The van der Waals surface area contributed by atoms with E-state index >= 15 is 0 Å². The third-order valence-corrected chi connectivity index (χ3v) is 3.44. The molecule has 0 spiro atoms. The van der Waals surface area contributed by atoms with Crippen molar-refractivity contribution in [2.45, 2.75) is 6.92 Å². The van der Waals surface area contributed by atoms with Gasteiger partial charge in [-0.25, -0.2) is 5.10 Å². The smallest absolute Gasteiger partial charge is 0.264 e. The Morgan fingerprint density at radius 3 is 2.44 bits per heavy atom. The number of H-pyrrole nitrogens is 1. The van der Waals surface area contributed by atoms with Crippen LogP contribution in [0.15, 0.2) is 38.0 Å². The third-order valence-electron chi connectivity index (χ3n) is 2.26. The van der Waals surface area contributed by atoms with E-state index in [0.717, 1.165) is 20.3 Å². The summed E-state index contributed by atoms with van der Waals surface area (Å²) in [6, 6.07) is 6.92. The van der Waals surface area contributed by atoms with E-state index in [0.29, 0.717) is 12.3 Å². The van der Waals surface area contributed by atoms with Crippen LogP contribution >= 0.6 is 31.9 Å². The van der Waals surface area contributed by atoms with Crippen LogP contribution in [-0.2, 0) is 0 Å². The molecule has 0 aliphatic carbocycles. The summed E-state index contributed by atoms with van der Waals surface area (Å²) in [6.07, 6.45) is 0. The van der Waals surface area contributed by atoms with E-state index in [-0.39, 0.29) is 5.56 Å². The van der Waals surface area contributed by atoms with Crippen LogP contribution in [0, 0.1) is 0 Å². The molecule has 0 saturated carbocycles. The molecule has 94 valence electrons. The maximum Gasteiger partial charge on any atom is 0.264 e. The molecular weight excluding hydrogens is 364 g/mol. The minimum atomic E-state index is -0.220. The number of aromatic amines is 1. The van der Waals surface area contributed by atoms with Crippen molar-refractivity contribution in [1.82, 2.24) is 10.2 Å². The van der Waals surface area contributed by atoms with Crippen molar-refractivity contribution in [2.75, 3.05) is 6.61 Å². The standard InChI is InChI=1S/C12H10Br2N2O2/c1-2-18-12-8(13)5-7(6-9(12)14)10-3-4-11(17)16-15-10/h3-6H,2H2,1H3,(H,16,17). The summed E-state index contributed by atoms with van der Waals surface area (Å²) < 4.78 is 7.18. The second-order valence-corrected chi connectivity index (χ2v) is 5.22. The lowest BCUT2D eigenvalue weighted by atomic mass is 10.1. The molecule has 0 bridgehead atoms. The molecule has 0 aliphatic heterocycles. The van der Waals surface area contributed by atoms with Gasteiger partial charge in [0.15, 0.2) is 0 Å². The number of halogens is 2. The molecular formula is C12H10Br2N2O2. The summed E-state index contributed by atoms with van der Waals surface area (Å²) in [5.41, 5.74) is 1.36. The number of nitrogens with zero attached hydrogens (tertiary/aromatic N) is 1. The van der Waals surface area contributed by atoms with E-state index in [1.54, 1.807) is 6.07 Å². The Hall–Kier alpha value is -1.14. The van der Waals surface area contributed by atoms with Crippen LogP contribution in [0.4, 0.5) is 0 Å². The summed E-state index contributed by atoms with van der Waals surface area (Å²) in [4.78, 5) is 11.0. The Bertz CT molecular complexity index is 582. The molecule has 0 radical (unpaired) electrons. The highest BCUT2D eigenvalue weighted by Gasteiger charge is 2.10. The predicted octanol–water partition coefficient (Wildman–Crippen LogP) is 3.36. The first kappa shape index (κ1) is 13.3. The zero-order valence-electron chi connectivity index (χ0n) is 9.54. The quantitative estimate of drug-likeness (QED) is 0.897. The molecule has 6 heteroatoms. The highest BCUT2D eigenvalue weighted by Crippen LogP contribution is 2.37. The predicted molar refractivity (Wildman–Crippen MR) is 76.9 cm³/mol. The molecule has 0 unspecified atom stereocenters. The van der Waals surface area contributed by atoms with Crippen molar-refractivity contribution in [3.8, 4) is 17.0 Å². The van der Waals surface area contributed by atoms with E-state index < -0.39 is 0 Å². The zero-order chi connectivity index (χ0) is 13.1. The Morgan fingerprint density at radius 1 is 1.28 bits per heavy atom. The molecule has 0 atom stereocenters. The summed E-state index contributed by atoms with van der Waals surface area (Å²) in [5, 5.41) is 6.40. The molecule has 1 N–H and O–H groups in total. The second kappa shape index (κ2) is 5.67. The van der Waals surface area contributed by atoms with Gasteiger partial charge in [0, 0.05) is 11.6 Å². The molecule has 0 aliphatic rings. The summed E-state index contributed by atoms with van der Waals surface area (Å²) in [5.74, 6) is 0.755. The van der Waals surface area contributed by atoms with E-state index in [1.807, 2.05) is 19.1 Å². The lowest BCUT2D eigenvalue weighted by Crippen LogP contribution is -2.05. The van der Waals surface area contributed by atoms with Crippen LogP contribution in [0.2, 0.25) is 0 Å². The molecule has 2 rings (SSSR count). The summed E-state index contributed by atoms with van der Waals surface area (Å²) in [7, 11) is 0. The van der Waals surface area contributed by atoms with Gasteiger partial charge in [-0.2, -0.15) is 5.10 Å². The SMILES string of the molecule is CCOc1c(Br)cc(-c2ccc(=O)[nH]n2)cc1Br. The first-order valence-electron chi connectivity index (χ1n) is 5.29. The maximum absolute atomic E-state index is 11.0. The molecule has 4 nitrogen and oxygen atoms in total. The van der Waals surface area contributed by atoms with Crippen LogP contribution < -0.4 is 10.3 Å². The van der Waals surface area contributed by atoms with Crippen LogP contribution in [0.1, 0.15) is 6.92 Å². The summed E-state index contributed by atoms with van der Waals surface area (Å²) in [6.45, 7) is 2.52. The minimum Gasteiger partial charge on any atom is -0.492 e. The highest BCUT2D eigenvalue weighted by molar-refractivity contribution is 9.11.